The first-order valence-electron chi connectivity index (χ1n) is 10.1. The standard InChI is InChI=1S/C25H21FN2O2/c1-16-14-18(9-11-20(16)26)19-10-12-23-21(15-19)27-24(30-23)22-8-5-13-28(22)25(29)17-6-3-2-4-7-17/h2-4,6-7,9-12,14-15,22H,5,8,13H2,1H3/t22-/m0/s1. The number of benzene rings is 3. The number of rotatable bonds is 3. The van der Waals surface area contributed by atoms with Gasteiger partial charge in [-0.15, -0.1) is 0 Å². The zero-order chi connectivity index (χ0) is 20.7. The lowest BCUT2D eigenvalue weighted by atomic mass is 10.0. The smallest absolute Gasteiger partial charge is 0.254 e. The molecule has 4 aromatic rings. The number of halogens is 1. The number of oxazole rings is 1. The number of hydrogen-bond donors (Lipinski definition) is 0. The van der Waals surface area contributed by atoms with Gasteiger partial charge in [0.05, 0.1) is 0 Å². The second-order valence-corrected chi connectivity index (χ2v) is 7.72. The Labute approximate surface area is 174 Å². The number of aromatic nitrogens is 1. The Morgan fingerprint density at radius 3 is 2.63 bits per heavy atom. The third kappa shape index (κ3) is 3.26. The van der Waals surface area contributed by atoms with Gasteiger partial charge in [-0.2, -0.15) is 0 Å². The van der Waals surface area contributed by atoms with Crippen LogP contribution in [0.25, 0.3) is 22.2 Å². The van der Waals surface area contributed by atoms with Crippen LogP contribution in [0, 0.1) is 12.7 Å². The van der Waals surface area contributed by atoms with Crippen LogP contribution in [-0.4, -0.2) is 22.3 Å². The van der Waals surface area contributed by atoms with E-state index in [0.29, 0.717) is 29.1 Å². The van der Waals surface area contributed by atoms with E-state index in [1.165, 1.54) is 6.07 Å². The minimum Gasteiger partial charge on any atom is -0.438 e. The van der Waals surface area contributed by atoms with Gasteiger partial charge in [0.25, 0.3) is 5.91 Å². The number of carbonyl (C=O) groups is 1. The van der Waals surface area contributed by atoms with Crippen LogP contribution >= 0.6 is 0 Å². The quantitative estimate of drug-likeness (QED) is 0.429. The van der Waals surface area contributed by atoms with E-state index in [1.54, 1.807) is 13.0 Å². The van der Waals surface area contributed by atoms with Gasteiger partial charge in [0, 0.05) is 12.1 Å². The van der Waals surface area contributed by atoms with Crippen LogP contribution < -0.4 is 0 Å². The van der Waals surface area contributed by atoms with Gasteiger partial charge < -0.3 is 9.32 Å². The van der Waals surface area contributed by atoms with E-state index in [-0.39, 0.29) is 17.8 Å². The summed E-state index contributed by atoms with van der Waals surface area (Å²) < 4.78 is 19.6. The van der Waals surface area contributed by atoms with Crippen molar-refractivity contribution in [3.8, 4) is 11.1 Å². The molecule has 1 fully saturated rings. The Balaban J connectivity index is 1.47. The van der Waals surface area contributed by atoms with Crippen molar-refractivity contribution in [3.63, 3.8) is 0 Å². The molecular weight excluding hydrogens is 379 g/mol. The normalized spacial score (nSPS) is 16.3. The summed E-state index contributed by atoms with van der Waals surface area (Å²) in [7, 11) is 0. The van der Waals surface area contributed by atoms with Gasteiger partial charge in [0.1, 0.15) is 17.4 Å². The molecule has 5 rings (SSSR count). The number of likely N-dealkylation sites (tertiary alicyclic amines) is 1. The molecule has 30 heavy (non-hydrogen) atoms. The highest BCUT2D eigenvalue weighted by atomic mass is 19.1. The SMILES string of the molecule is Cc1cc(-c2ccc3oc([C@@H]4CCCN4C(=O)c4ccccc4)nc3c2)ccc1F. The summed E-state index contributed by atoms with van der Waals surface area (Å²) in [5.74, 6) is 0.356. The molecule has 0 aliphatic carbocycles. The molecule has 5 heteroatoms. The van der Waals surface area contributed by atoms with E-state index in [9.17, 15) is 9.18 Å². The predicted octanol–water partition coefficient (Wildman–Crippen LogP) is 5.92. The second-order valence-electron chi connectivity index (χ2n) is 7.72. The molecule has 0 spiro atoms. The highest BCUT2D eigenvalue weighted by Gasteiger charge is 2.34. The summed E-state index contributed by atoms with van der Waals surface area (Å²) in [6.45, 7) is 2.45. The van der Waals surface area contributed by atoms with Crippen LogP contribution in [0.15, 0.2) is 71.1 Å². The average molecular weight is 400 g/mol. The number of hydrogen-bond acceptors (Lipinski definition) is 3. The van der Waals surface area contributed by atoms with Crippen molar-refractivity contribution in [3.05, 3.63) is 89.6 Å². The zero-order valence-corrected chi connectivity index (χ0v) is 16.6. The molecule has 4 nitrogen and oxygen atoms in total. The van der Waals surface area contributed by atoms with Gasteiger partial charge in [0.15, 0.2) is 5.58 Å². The lowest BCUT2D eigenvalue weighted by molar-refractivity contribution is 0.0717. The first-order valence-corrected chi connectivity index (χ1v) is 10.1. The third-order valence-electron chi connectivity index (χ3n) is 5.71. The molecular formula is C25H21FN2O2. The maximum absolute atomic E-state index is 13.6. The summed E-state index contributed by atoms with van der Waals surface area (Å²) in [4.78, 5) is 19.5. The lowest BCUT2D eigenvalue weighted by Crippen LogP contribution is -2.30. The number of carbonyl (C=O) groups excluding carboxylic acids is 1. The van der Waals surface area contributed by atoms with Crippen molar-refractivity contribution >= 4 is 17.0 Å². The van der Waals surface area contributed by atoms with Gasteiger partial charge >= 0.3 is 0 Å². The van der Waals surface area contributed by atoms with E-state index in [2.05, 4.69) is 0 Å². The van der Waals surface area contributed by atoms with Crippen LogP contribution in [0.5, 0.6) is 0 Å². The molecule has 0 unspecified atom stereocenters. The van der Waals surface area contributed by atoms with Crippen molar-refractivity contribution in [2.75, 3.05) is 6.54 Å². The summed E-state index contributed by atoms with van der Waals surface area (Å²) >= 11 is 0. The van der Waals surface area contributed by atoms with Crippen molar-refractivity contribution in [1.29, 1.82) is 0 Å². The molecule has 1 atom stereocenters. The molecule has 0 saturated carbocycles. The summed E-state index contributed by atoms with van der Waals surface area (Å²) in [5.41, 5.74) is 4.59. The highest BCUT2D eigenvalue weighted by Crippen LogP contribution is 2.35. The Kier molecular flexibility index (Phi) is 4.58. The van der Waals surface area contributed by atoms with E-state index in [4.69, 9.17) is 9.40 Å². The minimum atomic E-state index is -0.215. The lowest BCUT2D eigenvalue weighted by Gasteiger charge is -2.22. The molecule has 1 aromatic heterocycles. The van der Waals surface area contributed by atoms with Gasteiger partial charge in [-0.3, -0.25) is 4.79 Å². The van der Waals surface area contributed by atoms with Gasteiger partial charge in [-0.1, -0.05) is 30.3 Å². The van der Waals surface area contributed by atoms with Crippen molar-refractivity contribution in [1.82, 2.24) is 9.88 Å². The van der Waals surface area contributed by atoms with Crippen molar-refractivity contribution < 1.29 is 13.6 Å². The summed E-state index contributed by atoms with van der Waals surface area (Å²) in [5, 5.41) is 0. The monoisotopic (exact) mass is 400 g/mol. The molecule has 1 aliphatic heterocycles. The number of amides is 1. The minimum absolute atomic E-state index is 0.00262. The van der Waals surface area contributed by atoms with Gasteiger partial charge in [0.2, 0.25) is 5.89 Å². The zero-order valence-electron chi connectivity index (χ0n) is 16.6. The molecule has 3 aromatic carbocycles. The summed E-state index contributed by atoms with van der Waals surface area (Å²) in [6, 6.07) is 20.0. The van der Waals surface area contributed by atoms with E-state index in [0.717, 1.165) is 29.5 Å². The number of aryl methyl sites for hydroxylation is 1. The fraction of sp³-hybridized carbons (Fsp3) is 0.200. The van der Waals surface area contributed by atoms with Crippen molar-refractivity contribution in [2.45, 2.75) is 25.8 Å². The average Bonchev–Trinajstić information content (AvgIpc) is 3.42. The Bertz CT molecular complexity index is 1230. The van der Waals surface area contributed by atoms with Crippen LogP contribution in [0.2, 0.25) is 0 Å². The maximum atomic E-state index is 13.6. The Morgan fingerprint density at radius 1 is 1.07 bits per heavy atom. The topological polar surface area (TPSA) is 46.3 Å². The van der Waals surface area contributed by atoms with E-state index >= 15 is 0 Å². The van der Waals surface area contributed by atoms with Crippen LogP contribution in [0.1, 0.15) is 40.7 Å². The molecule has 150 valence electrons. The number of nitrogens with zero attached hydrogens (tertiary/aromatic N) is 2. The van der Waals surface area contributed by atoms with Crippen LogP contribution in [-0.2, 0) is 0 Å². The fourth-order valence-corrected chi connectivity index (χ4v) is 4.10. The molecule has 1 saturated heterocycles. The van der Waals surface area contributed by atoms with Gasteiger partial charge in [-0.05, 0) is 72.9 Å². The maximum Gasteiger partial charge on any atom is 0.254 e. The van der Waals surface area contributed by atoms with Crippen LogP contribution in [0.4, 0.5) is 4.39 Å². The first kappa shape index (κ1) is 18.6. The highest BCUT2D eigenvalue weighted by molar-refractivity contribution is 5.94. The summed E-state index contributed by atoms with van der Waals surface area (Å²) in [6.07, 6.45) is 1.75. The van der Waals surface area contributed by atoms with Gasteiger partial charge in [-0.25, -0.2) is 9.37 Å². The van der Waals surface area contributed by atoms with Crippen LogP contribution in [0.3, 0.4) is 0 Å². The first-order chi connectivity index (χ1) is 14.6. The molecule has 2 heterocycles. The van der Waals surface area contributed by atoms with E-state index in [1.807, 2.05) is 59.5 Å². The fourth-order valence-electron chi connectivity index (χ4n) is 4.10. The molecule has 1 aliphatic rings. The van der Waals surface area contributed by atoms with E-state index < -0.39 is 0 Å². The second kappa shape index (κ2) is 7.41. The Hall–Kier alpha value is -3.47. The molecule has 0 bridgehead atoms. The number of fused-ring (bicyclic) bond motifs is 1. The molecule has 0 radical (unpaired) electrons. The Morgan fingerprint density at radius 2 is 1.83 bits per heavy atom. The molecule has 0 N–H and O–H groups in total. The molecule has 1 amide bonds. The third-order valence-corrected chi connectivity index (χ3v) is 5.71. The largest absolute Gasteiger partial charge is 0.438 e. The van der Waals surface area contributed by atoms with Crippen molar-refractivity contribution in [2.24, 2.45) is 0 Å². The predicted molar refractivity (Wildman–Crippen MR) is 114 cm³/mol.